The lowest BCUT2D eigenvalue weighted by Crippen LogP contribution is -2.49. The van der Waals surface area contributed by atoms with Gasteiger partial charge < -0.3 is 10.4 Å². The minimum Gasteiger partial charge on any atom is -0.481 e. The Kier molecular flexibility index (Phi) is 3.77. The summed E-state index contributed by atoms with van der Waals surface area (Å²) < 4.78 is 0. The maximum Gasteiger partial charge on any atom is 0.308 e. The molecule has 0 spiro atoms. The van der Waals surface area contributed by atoms with E-state index in [1.165, 1.54) is 0 Å². The van der Waals surface area contributed by atoms with E-state index in [9.17, 15) is 4.79 Å². The van der Waals surface area contributed by atoms with Crippen molar-refractivity contribution in [1.82, 2.24) is 5.32 Å². The minimum absolute atomic E-state index is 0.155. The fourth-order valence-electron chi connectivity index (χ4n) is 1.67. The minimum atomic E-state index is -0.651. The van der Waals surface area contributed by atoms with Gasteiger partial charge in [0, 0.05) is 6.04 Å². The van der Waals surface area contributed by atoms with Crippen molar-refractivity contribution in [2.24, 2.45) is 17.3 Å². The monoisotopic (exact) mass is 213 g/mol. The van der Waals surface area contributed by atoms with Gasteiger partial charge in [0.05, 0.1) is 5.92 Å². The number of rotatable bonds is 4. The molecule has 3 heteroatoms. The summed E-state index contributed by atoms with van der Waals surface area (Å²) in [7, 11) is 0. The standard InChI is InChI=1S/C12H23NO2/c1-8(12(2,3)4)7-13-10-6-5-9(10)11(14)15/h8-10,13H,5-7H2,1-4H3,(H,14,15). The maximum absolute atomic E-state index is 10.8. The molecule has 0 amide bonds. The second kappa shape index (κ2) is 4.52. The summed E-state index contributed by atoms with van der Waals surface area (Å²) in [5.74, 6) is -0.244. The lowest BCUT2D eigenvalue weighted by atomic mass is 9.78. The Morgan fingerprint density at radius 1 is 1.47 bits per heavy atom. The average molecular weight is 213 g/mol. The van der Waals surface area contributed by atoms with Crippen molar-refractivity contribution < 1.29 is 9.90 Å². The molecule has 15 heavy (non-hydrogen) atoms. The molecule has 0 aromatic heterocycles. The van der Waals surface area contributed by atoms with E-state index < -0.39 is 5.97 Å². The van der Waals surface area contributed by atoms with Crippen LogP contribution in [0, 0.1) is 17.3 Å². The van der Waals surface area contributed by atoms with Crippen molar-refractivity contribution in [3.05, 3.63) is 0 Å². The molecule has 0 aromatic carbocycles. The van der Waals surface area contributed by atoms with Crippen molar-refractivity contribution >= 4 is 5.97 Å². The molecule has 1 saturated carbocycles. The van der Waals surface area contributed by atoms with Crippen LogP contribution in [0.1, 0.15) is 40.5 Å². The van der Waals surface area contributed by atoms with E-state index in [1.54, 1.807) is 0 Å². The molecule has 0 aliphatic heterocycles. The summed E-state index contributed by atoms with van der Waals surface area (Å²) in [6.07, 6.45) is 1.84. The Balaban J connectivity index is 2.29. The average Bonchev–Trinajstić information content (AvgIpc) is 1.98. The molecule has 88 valence electrons. The van der Waals surface area contributed by atoms with Crippen LogP contribution in [0.25, 0.3) is 0 Å². The first-order valence-corrected chi connectivity index (χ1v) is 5.78. The predicted molar refractivity (Wildman–Crippen MR) is 60.8 cm³/mol. The fourth-order valence-corrected chi connectivity index (χ4v) is 1.67. The van der Waals surface area contributed by atoms with Crippen LogP contribution in [0.5, 0.6) is 0 Å². The Morgan fingerprint density at radius 3 is 2.40 bits per heavy atom. The van der Waals surface area contributed by atoms with Crippen molar-refractivity contribution in [2.45, 2.75) is 46.6 Å². The molecule has 3 atom stereocenters. The van der Waals surface area contributed by atoms with Gasteiger partial charge in [-0.1, -0.05) is 27.7 Å². The van der Waals surface area contributed by atoms with Crippen LogP contribution in [0.2, 0.25) is 0 Å². The lowest BCUT2D eigenvalue weighted by molar-refractivity contribution is -0.146. The Hall–Kier alpha value is -0.570. The van der Waals surface area contributed by atoms with Gasteiger partial charge in [0.1, 0.15) is 0 Å². The van der Waals surface area contributed by atoms with Crippen molar-refractivity contribution in [3.8, 4) is 0 Å². The van der Waals surface area contributed by atoms with Crippen LogP contribution in [-0.4, -0.2) is 23.7 Å². The largest absolute Gasteiger partial charge is 0.481 e. The van der Waals surface area contributed by atoms with Crippen LogP contribution in [0.3, 0.4) is 0 Å². The van der Waals surface area contributed by atoms with Gasteiger partial charge in [-0.05, 0) is 30.7 Å². The van der Waals surface area contributed by atoms with Crippen LogP contribution < -0.4 is 5.32 Å². The quantitative estimate of drug-likeness (QED) is 0.752. The number of carboxylic acids is 1. The second-order valence-corrected chi connectivity index (χ2v) is 5.80. The molecule has 0 aromatic rings. The van der Waals surface area contributed by atoms with E-state index in [4.69, 9.17) is 5.11 Å². The smallest absolute Gasteiger partial charge is 0.308 e. The first-order chi connectivity index (χ1) is 6.82. The highest BCUT2D eigenvalue weighted by Gasteiger charge is 2.36. The Labute approximate surface area is 92.3 Å². The summed E-state index contributed by atoms with van der Waals surface area (Å²) in [5, 5.41) is 12.3. The highest BCUT2D eigenvalue weighted by Crippen LogP contribution is 2.29. The van der Waals surface area contributed by atoms with E-state index in [0.717, 1.165) is 19.4 Å². The SMILES string of the molecule is CC(CNC1CCC1C(=O)O)C(C)(C)C. The summed E-state index contributed by atoms with van der Waals surface area (Å²) in [6.45, 7) is 9.78. The van der Waals surface area contributed by atoms with Crippen molar-refractivity contribution in [1.29, 1.82) is 0 Å². The number of hydrogen-bond acceptors (Lipinski definition) is 2. The zero-order chi connectivity index (χ0) is 11.6. The number of nitrogens with one attached hydrogen (secondary N) is 1. The van der Waals surface area contributed by atoms with E-state index in [0.29, 0.717) is 5.92 Å². The molecule has 1 aliphatic rings. The van der Waals surface area contributed by atoms with Gasteiger partial charge >= 0.3 is 5.97 Å². The van der Waals surface area contributed by atoms with E-state index in [2.05, 4.69) is 33.0 Å². The normalized spacial score (nSPS) is 28.3. The van der Waals surface area contributed by atoms with Gasteiger partial charge in [0.2, 0.25) is 0 Å². The molecule has 0 radical (unpaired) electrons. The molecule has 0 bridgehead atoms. The van der Waals surface area contributed by atoms with Gasteiger partial charge in [-0.2, -0.15) is 0 Å². The fraction of sp³-hybridized carbons (Fsp3) is 0.917. The summed E-state index contributed by atoms with van der Waals surface area (Å²) >= 11 is 0. The molecular weight excluding hydrogens is 190 g/mol. The van der Waals surface area contributed by atoms with Crippen LogP contribution in [0.4, 0.5) is 0 Å². The molecule has 3 nitrogen and oxygen atoms in total. The van der Waals surface area contributed by atoms with Gasteiger partial charge in [-0.15, -0.1) is 0 Å². The van der Waals surface area contributed by atoms with Crippen LogP contribution >= 0.6 is 0 Å². The number of carbonyl (C=O) groups is 1. The number of hydrogen-bond donors (Lipinski definition) is 2. The van der Waals surface area contributed by atoms with Crippen LogP contribution in [-0.2, 0) is 4.79 Å². The molecule has 1 aliphatic carbocycles. The molecule has 2 N–H and O–H groups in total. The Bertz CT molecular complexity index is 232. The molecule has 1 fully saturated rings. The third kappa shape index (κ3) is 3.20. The van der Waals surface area contributed by atoms with E-state index in [1.807, 2.05) is 0 Å². The summed E-state index contributed by atoms with van der Waals surface area (Å²) in [5.41, 5.74) is 0.287. The van der Waals surface area contributed by atoms with Crippen molar-refractivity contribution in [3.63, 3.8) is 0 Å². The van der Waals surface area contributed by atoms with Crippen LogP contribution in [0.15, 0.2) is 0 Å². The van der Waals surface area contributed by atoms with Gasteiger partial charge in [0.25, 0.3) is 0 Å². The number of carboxylic acid groups (broad SMARTS) is 1. The highest BCUT2D eigenvalue weighted by molar-refractivity contribution is 5.72. The third-order valence-electron chi connectivity index (χ3n) is 3.76. The van der Waals surface area contributed by atoms with Gasteiger partial charge in [-0.25, -0.2) is 0 Å². The molecule has 0 saturated heterocycles. The second-order valence-electron chi connectivity index (χ2n) is 5.80. The zero-order valence-electron chi connectivity index (χ0n) is 10.2. The van der Waals surface area contributed by atoms with Crippen molar-refractivity contribution in [2.75, 3.05) is 6.54 Å². The Morgan fingerprint density at radius 2 is 2.07 bits per heavy atom. The summed E-state index contributed by atoms with van der Waals surface area (Å²) in [4.78, 5) is 10.8. The maximum atomic E-state index is 10.8. The molecule has 3 unspecified atom stereocenters. The topological polar surface area (TPSA) is 49.3 Å². The lowest BCUT2D eigenvalue weighted by Gasteiger charge is -2.37. The van der Waals surface area contributed by atoms with E-state index in [-0.39, 0.29) is 17.4 Å². The molecule has 0 heterocycles. The zero-order valence-corrected chi connectivity index (χ0v) is 10.2. The third-order valence-corrected chi connectivity index (χ3v) is 3.76. The van der Waals surface area contributed by atoms with Gasteiger partial charge in [0.15, 0.2) is 0 Å². The van der Waals surface area contributed by atoms with Gasteiger partial charge in [-0.3, -0.25) is 4.79 Å². The summed E-state index contributed by atoms with van der Waals surface area (Å²) in [6, 6.07) is 0.201. The predicted octanol–water partition coefficient (Wildman–Crippen LogP) is 2.12. The first-order valence-electron chi connectivity index (χ1n) is 5.78. The highest BCUT2D eigenvalue weighted by atomic mass is 16.4. The number of aliphatic carboxylic acids is 1. The van der Waals surface area contributed by atoms with E-state index >= 15 is 0 Å². The molecular formula is C12H23NO2. The molecule has 1 rings (SSSR count). The first kappa shape index (κ1) is 12.5.